The lowest BCUT2D eigenvalue weighted by molar-refractivity contribution is 0.580. The summed E-state index contributed by atoms with van der Waals surface area (Å²) in [6.07, 6.45) is 2.00. The number of nitrogens with zero attached hydrogens (tertiary/aromatic N) is 3. The van der Waals surface area contributed by atoms with E-state index in [0.717, 1.165) is 0 Å². The van der Waals surface area contributed by atoms with Crippen LogP contribution in [0.5, 0.6) is 0 Å². The average molecular weight is 296 g/mol. The van der Waals surface area contributed by atoms with Gasteiger partial charge in [0.1, 0.15) is 6.33 Å². The van der Waals surface area contributed by atoms with Gasteiger partial charge in [-0.05, 0) is 24.3 Å². The summed E-state index contributed by atoms with van der Waals surface area (Å²) in [4.78, 5) is 4.21. The molecule has 9 heteroatoms. The van der Waals surface area contributed by atoms with E-state index in [1.807, 2.05) is 0 Å². The lowest BCUT2D eigenvalue weighted by Crippen LogP contribution is -2.26. The maximum absolute atomic E-state index is 12.0. The molecule has 0 aliphatic rings. The summed E-state index contributed by atoms with van der Waals surface area (Å²) in [7, 11) is -1.77. The van der Waals surface area contributed by atoms with Crippen molar-refractivity contribution < 1.29 is 8.42 Å². The maximum atomic E-state index is 12.0. The molecule has 1 aromatic heterocycles. The molecule has 0 radical (unpaired) electrons. The molecule has 2 aromatic rings. The number of hydrogen-bond donors (Lipinski definition) is 3. The van der Waals surface area contributed by atoms with E-state index in [0.29, 0.717) is 17.9 Å². The smallest absolute Gasteiger partial charge is 0.240 e. The molecular formula is C11H16N6O2S. The molecule has 108 valence electrons. The second-order valence-corrected chi connectivity index (χ2v) is 5.92. The number of benzene rings is 1. The quantitative estimate of drug-likeness (QED) is 0.494. The highest BCUT2D eigenvalue weighted by atomic mass is 32.2. The zero-order chi connectivity index (χ0) is 14.6. The van der Waals surface area contributed by atoms with Crippen LogP contribution in [-0.2, 0) is 23.5 Å². The van der Waals surface area contributed by atoms with Crippen LogP contribution in [0.2, 0.25) is 0 Å². The number of anilines is 1. The molecule has 1 aromatic carbocycles. The molecule has 0 fully saturated rings. The fourth-order valence-corrected chi connectivity index (χ4v) is 2.64. The van der Waals surface area contributed by atoms with Crippen molar-refractivity contribution in [1.82, 2.24) is 19.5 Å². The molecule has 4 N–H and O–H groups in total. The van der Waals surface area contributed by atoms with Crippen molar-refractivity contribution in [3.8, 4) is 0 Å². The van der Waals surface area contributed by atoms with E-state index in [2.05, 4.69) is 20.2 Å². The van der Waals surface area contributed by atoms with Gasteiger partial charge in [-0.1, -0.05) is 0 Å². The topological polar surface area (TPSA) is 115 Å². The summed E-state index contributed by atoms with van der Waals surface area (Å²) in [5.41, 5.74) is 3.08. The van der Waals surface area contributed by atoms with E-state index in [-0.39, 0.29) is 11.4 Å². The van der Waals surface area contributed by atoms with Gasteiger partial charge in [-0.15, -0.1) is 0 Å². The number of nitrogen functional groups attached to an aromatic ring is 1. The first-order valence-electron chi connectivity index (χ1n) is 5.92. The Labute approximate surface area is 117 Å². The first kappa shape index (κ1) is 14.4. The number of sulfonamides is 1. The first-order chi connectivity index (χ1) is 9.51. The minimum atomic E-state index is -3.53. The Hall–Kier alpha value is -1.97. The van der Waals surface area contributed by atoms with Crippen molar-refractivity contribution in [2.45, 2.75) is 11.3 Å². The van der Waals surface area contributed by atoms with Crippen LogP contribution in [0.3, 0.4) is 0 Å². The summed E-state index contributed by atoms with van der Waals surface area (Å²) in [5, 5.41) is 4.07. The van der Waals surface area contributed by atoms with Crippen LogP contribution in [0.25, 0.3) is 0 Å². The van der Waals surface area contributed by atoms with Crippen LogP contribution >= 0.6 is 0 Å². The third kappa shape index (κ3) is 3.53. The Kier molecular flexibility index (Phi) is 4.32. The molecule has 8 nitrogen and oxygen atoms in total. The number of rotatable bonds is 6. The lowest BCUT2D eigenvalue weighted by atomic mass is 10.3. The van der Waals surface area contributed by atoms with Crippen LogP contribution in [0.1, 0.15) is 5.82 Å². The first-order valence-corrected chi connectivity index (χ1v) is 7.40. The Balaban J connectivity index is 1.96. The Morgan fingerprint density at radius 3 is 2.55 bits per heavy atom. The predicted molar refractivity (Wildman–Crippen MR) is 74.1 cm³/mol. The van der Waals surface area contributed by atoms with Crippen LogP contribution in [0, 0.1) is 0 Å². The second kappa shape index (κ2) is 5.99. The highest BCUT2D eigenvalue weighted by molar-refractivity contribution is 7.89. The van der Waals surface area contributed by atoms with Crippen molar-refractivity contribution in [3.05, 3.63) is 36.4 Å². The molecule has 0 bridgehead atoms. The number of aromatic nitrogens is 3. The van der Waals surface area contributed by atoms with Gasteiger partial charge < -0.3 is 5.43 Å². The van der Waals surface area contributed by atoms with Gasteiger partial charge in [0.2, 0.25) is 10.0 Å². The number of hydrogen-bond acceptors (Lipinski definition) is 6. The van der Waals surface area contributed by atoms with Crippen molar-refractivity contribution in [3.63, 3.8) is 0 Å². The molecule has 0 atom stereocenters. The summed E-state index contributed by atoms with van der Waals surface area (Å²) in [6, 6.07) is 6.15. The van der Waals surface area contributed by atoms with Crippen molar-refractivity contribution in [2.24, 2.45) is 12.9 Å². The SMILES string of the molecule is Cn1cnc(CCNS(=O)(=O)c2ccc(NN)cc2)n1. The molecule has 2 rings (SSSR count). The Morgan fingerprint density at radius 1 is 1.30 bits per heavy atom. The zero-order valence-corrected chi connectivity index (χ0v) is 11.8. The van der Waals surface area contributed by atoms with Crippen molar-refractivity contribution in [2.75, 3.05) is 12.0 Å². The van der Waals surface area contributed by atoms with E-state index < -0.39 is 10.0 Å². The molecule has 0 saturated heterocycles. The Morgan fingerprint density at radius 2 is 2.00 bits per heavy atom. The average Bonchev–Trinajstić information content (AvgIpc) is 2.84. The molecule has 0 spiro atoms. The molecule has 0 amide bonds. The lowest BCUT2D eigenvalue weighted by Gasteiger charge is -2.06. The molecule has 0 unspecified atom stereocenters. The van der Waals surface area contributed by atoms with Crippen LogP contribution in [-0.4, -0.2) is 29.7 Å². The summed E-state index contributed by atoms with van der Waals surface area (Å²) in [6.45, 7) is 0.239. The minimum Gasteiger partial charge on any atom is -0.324 e. The van der Waals surface area contributed by atoms with Gasteiger partial charge in [0.15, 0.2) is 5.82 Å². The summed E-state index contributed by atoms with van der Waals surface area (Å²) >= 11 is 0. The standard InChI is InChI=1S/C11H16N6O2S/c1-17-8-13-11(16-17)6-7-14-20(18,19)10-4-2-9(15-12)3-5-10/h2-5,8,14-15H,6-7,12H2,1H3. The maximum Gasteiger partial charge on any atom is 0.240 e. The van der Waals surface area contributed by atoms with E-state index >= 15 is 0 Å². The fraction of sp³-hybridized carbons (Fsp3) is 0.273. The molecule has 20 heavy (non-hydrogen) atoms. The molecule has 0 aliphatic heterocycles. The largest absolute Gasteiger partial charge is 0.324 e. The minimum absolute atomic E-state index is 0.186. The van der Waals surface area contributed by atoms with E-state index in [4.69, 9.17) is 5.84 Å². The zero-order valence-electron chi connectivity index (χ0n) is 10.9. The van der Waals surface area contributed by atoms with Crippen LogP contribution < -0.4 is 16.0 Å². The van der Waals surface area contributed by atoms with Gasteiger partial charge in [0.05, 0.1) is 4.90 Å². The molecular weight excluding hydrogens is 280 g/mol. The van der Waals surface area contributed by atoms with Gasteiger partial charge in [-0.2, -0.15) is 5.10 Å². The normalized spacial score (nSPS) is 11.5. The predicted octanol–water partition coefficient (Wildman–Crippen LogP) is -0.378. The van der Waals surface area contributed by atoms with Gasteiger partial charge in [0, 0.05) is 25.7 Å². The Bertz CT molecular complexity index is 664. The van der Waals surface area contributed by atoms with Crippen molar-refractivity contribution in [1.29, 1.82) is 0 Å². The molecule has 0 aliphatic carbocycles. The van der Waals surface area contributed by atoms with Crippen LogP contribution in [0.4, 0.5) is 5.69 Å². The highest BCUT2D eigenvalue weighted by Gasteiger charge is 2.13. The number of nitrogens with one attached hydrogen (secondary N) is 2. The van der Waals surface area contributed by atoms with Crippen molar-refractivity contribution >= 4 is 15.7 Å². The summed E-state index contributed by atoms with van der Waals surface area (Å²) in [5.74, 6) is 5.82. The third-order valence-electron chi connectivity index (χ3n) is 2.62. The highest BCUT2D eigenvalue weighted by Crippen LogP contribution is 2.12. The monoisotopic (exact) mass is 296 g/mol. The molecule has 0 saturated carbocycles. The number of aryl methyl sites for hydroxylation is 1. The summed E-state index contributed by atoms with van der Waals surface area (Å²) < 4.78 is 28.1. The van der Waals surface area contributed by atoms with E-state index in [9.17, 15) is 8.42 Å². The number of hydrazine groups is 1. The second-order valence-electron chi connectivity index (χ2n) is 4.15. The molecule has 1 heterocycles. The van der Waals surface area contributed by atoms with Gasteiger partial charge >= 0.3 is 0 Å². The van der Waals surface area contributed by atoms with Gasteiger partial charge in [-0.3, -0.25) is 10.5 Å². The third-order valence-corrected chi connectivity index (χ3v) is 4.10. The van der Waals surface area contributed by atoms with E-state index in [1.165, 1.54) is 12.1 Å². The van der Waals surface area contributed by atoms with Gasteiger partial charge in [-0.25, -0.2) is 18.1 Å². The van der Waals surface area contributed by atoms with Gasteiger partial charge in [0.25, 0.3) is 0 Å². The number of nitrogens with two attached hydrogens (primary N) is 1. The fourth-order valence-electron chi connectivity index (χ4n) is 1.61. The van der Waals surface area contributed by atoms with Crippen LogP contribution in [0.15, 0.2) is 35.5 Å². The van der Waals surface area contributed by atoms with E-state index in [1.54, 1.807) is 30.2 Å².